The van der Waals surface area contributed by atoms with Crippen molar-refractivity contribution in [2.45, 2.75) is 44.5 Å². The van der Waals surface area contributed by atoms with Crippen molar-refractivity contribution < 1.29 is 35.5 Å². The molecule has 0 spiro atoms. The van der Waals surface area contributed by atoms with Crippen molar-refractivity contribution >= 4 is 6.03 Å². The van der Waals surface area contributed by atoms with Crippen molar-refractivity contribution in [1.29, 1.82) is 0 Å². The normalized spacial score (nSPS) is 17.2. The number of amides is 2. The summed E-state index contributed by atoms with van der Waals surface area (Å²) in [4.78, 5) is 14.1. The molecular weight excluding hydrogens is 453 g/mol. The van der Waals surface area contributed by atoms with Gasteiger partial charge in [0.1, 0.15) is 5.82 Å². The van der Waals surface area contributed by atoms with Crippen LogP contribution in [0.5, 0.6) is 0 Å². The maximum Gasteiger partial charge on any atom is 0.416 e. The van der Waals surface area contributed by atoms with Gasteiger partial charge in [0.15, 0.2) is 0 Å². The van der Waals surface area contributed by atoms with Gasteiger partial charge in [-0.3, -0.25) is 0 Å². The fourth-order valence-corrected chi connectivity index (χ4v) is 4.10. The van der Waals surface area contributed by atoms with Crippen molar-refractivity contribution in [3.05, 3.63) is 70.0 Å². The zero-order valence-electron chi connectivity index (χ0n) is 17.8. The quantitative estimate of drug-likeness (QED) is 0.516. The van der Waals surface area contributed by atoms with Crippen LogP contribution in [0.2, 0.25) is 0 Å². The van der Waals surface area contributed by atoms with Gasteiger partial charge >= 0.3 is 18.4 Å². The van der Waals surface area contributed by atoms with Gasteiger partial charge in [0, 0.05) is 25.6 Å². The van der Waals surface area contributed by atoms with E-state index in [-0.39, 0.29) is 36.3 Å². The molecule has 1 aliphatic heterocycles. The van der Waals surface area contributed by atoms with E-state index >= 15 is 0 Å². The van der Waals surface area contributed by atoms with Gasteiger partial charge < -0.3 is 10.2 Å². The molecule has 3 nitrogen and oxygen atoms in total. The van der Waals surface area contributed by atoms with Crippen LogP contribution in [0, 0.1) is 12.7 Å². The first kappa shape index (κ1) is 24.9. The standard InChI is InChI=1S/C23H23F7N2O/c1-14-9-19(24)4-5-20(14)16-3-2-8-32(13-16)21(33)31-7-6-15-10-17(22(25,26)27)12-18(11-15)23(28,29)30/h4-5,9-12,16H,2-3,6-8,13H2,1H3,(H,31,33). The number of hydrogen-bond donors (Lipinski definition) is 1. The molecule has 1 saturated heterocycles. The van der Waals surface area contributed by atoms with Crippen LogP contribution in [0.1, 0.15) is 46.6 Å². The van der Waals surface area contributed by atoms with Crippen molar-refractivity contribution in [2.75, 3.05) is 19.6 Å². The summed E-state index contributed by atoms with van der Waals surface area (Å²) in [6.07, 6.45) is -8.48. The SMILES string of the molecule is Cc1cc(F)ccc1C1CCCN(C(=O)NCCc2cc(C(F)(F)F)cc(C(F)(F)F)c2)C1. The molecule has 33 heavy (non-hydrogen) atoms. The molecule has 1 N–H and O–H groups in total. The zero-order valence-corrected chi connectivity index (χ0v) is 17.8. The Hall–Kier alpha value is -2.78. The smallest absolute Gasteiger partial charge is 0.338 e. The van der Waals surface area contributed by atoms with Gasteiger partial charge in [-0.1, -0.05) is 6.07 Å². The van der Waals surface area contributed by atoms with Gasteiger partial charge in [-0.25, -0.2) is 9.18 Å². The molecule has 2 aromatic carbocycles. The molecule has 0 radical (unpaired) electrons. The summed E-state index contributed by atoms with van der Waals surface area (Å²) in [6.45, 7) is 2.54. The molecule has 2 amide bonds. The average Bonchev–Trinajstić information content (AvgIpc) is 2.72. The summed E-state index contributed by atoms with van der Waals surface area (Å²) in [5.41, 5.74) is -1.21. The lowest BCUT2D eigenvalue weighted by Crippen LogP contribution is -2.45. The Bertz CT molecular complexity index is 969. The minimum Gasteiger partial charge on any atom is -0.338 e. The van der Waals surface area contributed by atoms with Gasteiger partial charge in [0.25, 0.3) is 0 Å². The summed E-state index contributed by atoms with van der Waals surface area (Å²) in [5.74, 6) is -0.326. The number of aryl methyl sites for hydroxylation is 1. The molecule has 180 valence electrons. The second kappa shape index (κ2) is 9.61. The first-order valence-electron chi connectivity index (χ1n) is 10.4. The minimum atomic E-state index is -4.92. The van der Waals surface area contributed by atoms with E-state index in [2.05, 4.69) is 5.32 Å². The third-order valence-corrected chi connectivity index (χ3v) is 5.72. The predicted octanol–water partition coefficient (Wildman–Crippen LogP) is 6.30. The highest BCUT2D eigenvalue weighted by Crippen LogP contribution is 2.36. The van der Waals surface area contributed by atoms with Crippen LogP contribution in [0.15, 0.2) is 36.4 Å². The number of carbonyl (C=O) groups is 1. The van der Waals surface area contributed by atoms with Crippen molar-refractivity contribution in [3.8, 4) is 0 Å². The lowest BCUT2D eigenvalue weighted by molar-refractivity contribution is -0.143. The highest BCUT2D eigenvalue weighted by atomic mass is 19.4. The Balaban J connectivity index is 1.63. The number of carbonyl (C=O) groups excluding carboxylic acids is 1. The van der Waals surface area contributed by atoms with Gasteiger partial charge in [-0.2, -0.15) is 26.3 Å². The van der Waals surface area contributed by atoms with E-state index in [0.29, 0.717) is 25.2 Å². The van der Waals surface area contributed by atoms with E-state index in [1.54, 1.807) is 17.9 Å². The summed E-state index contributed by atoms with van der Waals surface area (Å²) < 4.78 is 91.3. The van der Waals surface area contributed by atoms with Crippen molar-refractivity contribution in [3.63, 3.8) is 0 Å². The van der Waals surface area contributed by atoms with Crippen LogP contribution in [0.3, 0.4) is 0 Å². The Morgan fingerprint density at radius 2 is 1.67 bits per heavy atom. The van der Waals surface area contributed by atoms with E-state index in [0.717, 1.165) is 24.0 Å². The molecule has 1 fully saturated rings. The molecule has 2 aromatic rings. The highest BCUT2D eigenvalue weighted by molar-refractivity contribution is 5.74. The van der Waals surface area contributed by atoms with Crippen LogP contribution >= 0.6 is 0 Å². The number of hydrogen-bond acceptors (Lipinski definition) is 1. The summed E-state index contributed by atoms with van der Waals surface area (Å²) in [7, 11) is 0. The number of piperidine rings is 1. The average molecular weight is 476 g/mol. The van der Waals surface area contributed by atoms with Gasteiger partial charge in [-0.05, 0) is 73.2 Å². The molecule has 0 bridgehead atoms. The van der Waals surface area contributed by atoms with Crippen LogP contribution in [-0.2, 0) is 18.8 Å². The third-order valence-electron chi connectivity index (χ3n) is 5.72. The van der Waals surface area contributed by atoms with Gasteiger partial charge in [0.2, 0.25) is 0 Å². The monoisotopic (exact) mass is 476 g/mol. The number of rotatable bonds is 4. The molecule has 3 rings (SSSR count). The van der Waals surface area contributed by atoms with Crippen molar-refractivity contribution in [2.24, 2.45) is 0 Å². The molecule has 1 aliphatic rings. The zero-order chi connectivity index (χ0) is 24.4. The molecule has 0 aromatic heterocycles. The predicted molar refractivity (Wildman–Crippen MR) is 108 cm³/mol. The number of benzene rings is 2. The van der Waals surface area contributed by atoms with E-state index in [1.807, 2.05) is 0 Å². The van der Waals surface area contributed by atoms with Gasteiger partial charge in [-0.15, -0.1) is 0 Å². The molecule has 1 atom stereocenters. The number of alkyl halides is 6. The number of halogens is 7. The van der Waals surface area contributed by atoms with Crippen molar-refractivity contribution in [1.82, 2.24) is 10.2 Å². The maximum atomic E-state index is 13.4. The molecule has 0 aliphatic carbocycles. The molecule has 10 heteroatoms. The number of nitrogens with one attached hydrogen (secondary N) is 1. The molecular formula is C23H23F7N2O. The van der Waals surface area contributed by atoms with Gasteiger partial charge in [0.05, 0.1) is 11.1 Å². The highest BCUT2D eigenvalue weighted by Gasteiger charge is 2.36. The van der Waals surface area contributed by atoms with Crippen LogP contribution < -0.4 is 5.32 Å². The summed E-state index contributed by atoms with van der Waals surface area (Å²) in [5, 5.41) is 2.58. The fraction of sp³-hybridized carbons (Fsp3) is 0.435. The lowest BCUT2D eigenvalue weighted by atomic mass is 9.88. The molecule has 0 saturated carbocycles. The van der Waals surface area contributed by atoms with Crippen LogP contribution in [0.4, 0.5) is 35.5 Å². The van der Waals surface area contributed by atoms with E-state index in [1.165, 1.54) is 12.1 Å². The first-order valence-corrected chi connectivity index (χ1v) is 10.4. The maximum absolute atomic E-state index is 13.4. The Labute approximate surface area is 186 Å². The molecule has 1 unspecified atom stereocenters. The topological polar surface area (TPSA) is 32.3 Å². The van der Waals surface area contributed by atoms with E-state index in [4.69, 9.17) is 0 Å². The number of nitrogens with zero attached hydrogens (tertiary/aromatic N) is 1. The van der Waals surface area contributed by atoms with E-state index < -0.39 is 29.5 Å². The summed E-state index contributed by atoms with van der Waals surface area (Å²) in [6, 6.07) is 5.45. The third kappa shape index (κ3) is 6.39. The fourth-order valence-electron chi connectivity index (χ4n) is 4.10. The second-order valence-corrected chi connectivity index (χ2v) is 8.18. The number of likely N-dealkylation sites (tertiary alicyclic amines) is 1. The first-order chi connectivity index (χ1) is 15.3. The molecule has 1 heterocycles. The second-order valence-electron chi connectivity index (χ2n) is 8.18. The Kier molecular flexibility index (Phi) is 7.23. The lowest BCUT2D eigenvalue weighted by Gasteiger charge is -2.33. The largest absolute Gasteiger partial charge is 0.416 e. The van der Waals surface area contributed by atoms with Crippen LogP contribution in [-0.4, -0.2) is 30.6 Å². The van der Waals surface area contributed by atoms with Crippen LogP contribution in [0.25, 0.3) is 0 Å². The Morgan fingerprint density at radius 3 is 2.24 bits per heavy atom. The van der Waals surface area contributed by atoms with E-state index in [9.17, 15) is 35.5 Å². The Morgan fingerprint density at radius 1 is 1.03 bits per heavy atom. The summed E-state index contributed by atoms with van der Waals surface area (Å²) >= 11 is 0. The number of urea groups is 1. The minimum absolute atomic E-state index is 0.0166.